The van der Waals surface area contributed by atoms with Crippen molar-refractivity contribution in [2.24, 2.45) is 10.8 Å². The van der Waals surface area contributed by atoms with Crippen LogP contribution in [0.1, 0.15) is 77.3 Å². The molecule has 0 fully saturated rings. The third-order valence-electron chi connectivity index (χ3n) is 7.63. The molecule has 5 rings (SSSR count). The normalized spacial score (nSPS) is 20.6. The molecular formula is C32H36BrNO4. The molecule has 6 heteroatoms. The summed E-state index contributed by atoms with van der Waals surface area (Å²) in [5.74, 6) is 1.10. The fraction of sp³-hybridized carbons (Fsp3) is 0.438. The van der Waals surface area contributed by atoms with E-state index in [9.17, 15) is 9.59 Å². The van der Waals surface area contributed by atoms with Gasteiger partial charge in [0.25, 0.3) is 0 Å². The molecule has 0 spiro atoms. The standard InChI is InChI=1S/C32H36BrNO4/c1-6-37-27-13-20(9-12-26(27)38-18-19-7-10-21(33)11-8-19)28-29-22(14-31(2,3)16-24(29)35)34-23-15-32(4,5)17-25(36)30(23)28/h7-13,28,34H,6,14-18H2,1-5H3. The third kappa shape index (κ3) is 5.33. The van der Waals surface area contributed by atoms with Crippen LogP contribution in [0.5, 0.6) is 11.5 Å². The Morgan fingerprint density at radius 1 is 0.816 bits per heavy atom. The van der Waals surface area contributed by atoms with E-state index in [2.05, 4.69) is 48.9 Å². The largest absolute Gasteiger partial charge is 0.490 e. The first kappa shape index (κ1) is 26.7. The molecule has 0 atom stereocenters. The number of hydrogen-bond acceptors (Lipinski definition) is 5. The molecular weight excluding hydrogens is 542 g/mol. The predicted molar refractivity (Wildman–Crippen MR) is 152 cm³/mol. The molecule has 5 nitrogen and oxygen atoms in total. The molecule has 38 heavy (non-hydrogen) atoms. The summed E-state index contributed by atoms with van der Waals surface area (Å²) in [6.45, 7) is 11.4. The summed E-state index contributed by atoms with van der Waals surface area (Å²) in [4.78, 5) is 27.2. The maximum absolute atomic E-state index is 13.6. The smallest absolute Gasteiger partial charge is 0.162 e. The van der Waals surface area contributed by atoms with Gasteiger partial charge in [-0.25, -0.2) is 0 Å². The zero-order chi connectivity index (χ0) is 27.2. The Kier molecular flexibility index (Phi) is 7.06. The van der Waals surface area contributed by atoms with Crippen LogP contribution in [-0.2, 0) is 16.2 Å². The van der Waals surface area contributed by atoms with Crippen LogP contribution in [0.25, 0.3) is 0 Å². The minimum Gasteiger partial charge on any atom is -0.490 e. The van der Waals surface area contributed by atoms with Gasteiger partial charge in [-0.2, -0.15) is 0 Å². The van der Waals surface area contributed by atoms with Crippen molar-refractivity contribution < 1.29 is 19.1 Å². The maximum Gasteiger partial charge on any atom is 0.162 e. The van der Waals surface area contributed by atoms with E-state index in [1.807, 2.05) is 49.4 Å². The second-order valence-electron chi connectivity index (χ2n) is 12.3. The first-order valence-corrected chi connectivity index (χ1v) is 14.2. The molecule has 1 N–H and O–H groups in total. The van der Waals surface area contributed by atoms with Crippen molar-refractivity contribution in [3.63, 3.8) is 0 Å². The van der Waals surface area contributed by atoms with Crippen LogP contribution in [0, 0.1) is 10.8 Å². The van der Waals surface area contributed by atoms with E-state index in [1.165, 1.54) is 0 Å². The summed E-state index contributed by atoms with van der Waals surface area (Å²) in [5.41, 5.74) is 5.11. The zero-order valence-corrected chi connectivity index (χ0v) is 24.5. The van der Waals surface area contributed by atoms with Gasteiger partial charge in [-0.15, -0.1) is 0 Å². The van der Waals surface area contributed by atoms with Crippen LogP contribution in [-0.4, -0.2) is 18.2 Å². The second-order valence-corrected chi connectivity index (χ2v) is 13.2. The predicted octanol–water partition coefficient (Wildman–Crippen LogP) is 7.40. The first-order chi connectivity index (χ1) is 18.0. The van der Waals surface area contributed by atoms with Crippen molar-refractivity contribution in [2.75, 3.05) is 6.61 Å². The summed E-state index contributed by atoms with van der Waals surface area (Å²) in [7, 11) is 0. The molecule has 2 aromatic carbocycles. The number of dihydropyridines is 1. The van der Waals surface area contributed by atoms with Crippen LogP contribution in [0.4, 0.5) is 0 Å². The Labute approximate surface area is 233 Å². The van der Waals surface area contributed by atoms with Crippen molar-refractivity contribution in [1.29, 1.82) is 0 Å². The van der Waals surface area contributed by atoms with Gasteiger partial charge < -0.3 is 14.8 Å². The van der Waals surface area contributed by atoms with Crippen molar-refractivity contribution in [3.05, 3.63) is 80.6 Å². The highest BCUT2D eigenvalue weighted by molar-refractivity contribution is 9.10. The van der Waals surface area contributed by atoms with Gasteiger partial charge in [-0.3, -0.25) is 9.59 Å². The first-order valence-electron chi connectivity index (χ1n) is 13.4. The molecule has 200 valence electrons. The number of carbonyl (C=O) groups excluding carboxylic acids is 2. The lowest BCUT2D eigenvalue weighted by Gasteiger charge is -2.44. The van der Waals surface area contributed by atoms with Gasteiger partial charge in [0.2, 0.25) is 0 Å². The third-order valence-corrected chi connectivity index (χ3v) is 8.16. The van der Waals surface area contributed by atoms with Gasteiger partial charge in [0, 0.05) is 45.8 Å². The van der Waals surface area contributed by atoms with Gasteiger partial charge in [0.1, 0.15) is 6.61 Å². The fourth-order valence-corrected chi connectivity index (χ4v) is 6.32. The highest BCUT2D eigenvalue weighted by Crippen LogP contribution is 2.51. The highest BCUT2D eigenvalue weighted by atomic mass is 79.9. The van der Waals surface area contributed by atoms with Crippen molar-refractivity contribution in [2.45, 2.75) is 72.8 Å². The average Bonchev–Trinajstić information content (AvgIpc) is 2.81. The summed E-state index contributed by atoms with van der Waals surface area (Å²) < 4.78 is 13.2. The molecule has 0 saturated heterocycles. The maximum atomic E-state index is 13.6. The van der Waals surface area contributed by atoms with Gasteiger partial charge in [-0.1, -0.05) is 61.8 Å². The molecule has 1 heterocycles. The van der Waals surface area contributed by atoms with Crippen LogP contribution in [0.3, 0.4) is 0 Å². The number of carbonyl (C=O) groups is 2. The summed E-state index contributed by atoms with van der Waals surface area (Å²) in [6.07, 6.45) is 2.50. The quantitative estimate of drug-likeness (QED) is 0.387. The van der Waals surface area contributed by atoms with E-state index in [-0.39, 0.29) is 22.4 Å². The van der Waals surface area contributed by atoms with E-state index in [1.54, 1.807) is 0 Å². The molecule has 3 aliphatic rings. The molecule has 0 aromatic heterocycles. The molecule has 0 unspecified atom stereocenters. The molecule has 1 aliphatic heterocycles. The van der Waals surface area contributed by atoms with E-state index < -0.39 is 5.92 Å². The second kappa shape index (κ2) is 10.0. The van der Waals surface area contributed by atoms with E-state index >= 15 is 0 Å². The van der Waals surface area contributed by atoms with Crippen LogP contribution in [0.2, 0.25) is 0 Å². The molecule has 0 bridgehead atoms. The van der Waals surface area contributed by atoms with Gasteiger partial charge in [0.15, 0.2) is 23.1 Å². The lowest BCUT2D eigenvalue weighted by atomic mass is 9.64. The highest BCUT2D eigenvalue weighted by Gasteiger charge is 2.46. The van der Waals surface area contributed by atoms with Crippen LogP contribution >= 0.6 is 15.9 Å². The molecule has 0 radical (unpaired) electrons. The Bertz CT molecular complexity index is 1300. The summed E-state index contributed by atoms with van der Waals surface area (Å²) >= 11 is 3.47. The van der Waals surface area contributed by atoms with Gasteiger partial charge in [0.05, 0.1) is 6.61 Å². The lowest BCUT2D eigenvalue weighted by Crippen LogP contribution is -2.42. The Hall–Kier alpha value is -2.86. The van der Waals surface area contributed by atoms with Crippen molar-refractivity contribution in [1.82, 2.24) is 5.32 Å². The van der Waals surface area contributed by atoms with E-state index in [4.69, 9.17) is 9.47 Å². The van der Waals surface area contributed by atoms with Gasteiger partial charge in [-0.05, 0) is 66.0 Å². The van der Waals surface area contributed by atoms with E-state index in [0.29, 0.717) is 37.6 Å². The molecule has 0 amide bonds. The number of ketones is 2. The van der Waals surface area contributed by atoms with Crippen molar-refractivity contribution >= 4 is 27.5 Å². The van der Waals surface area contributed by atoms with E-state index in [0.717, 1.165) is 51.0 Å². The van der Waals surface area contributed by atoms with Crippen LogP contribution in [0.15, 0.2) is 69.5 Å². The van der Waals surface area contributed by atoms with Crippen LogP contribution < -0.4 is 14.8 Å². The van der Waals surface area contributed by atoms with Crippen molar-refractivity contribution in [3.8, 4) is 11.5 Å². The zero-order valence-electron chi connectivity index (χ0n) is 22.9. The fourth-order valence-electron chi connectivity index (χ4n) is 6.06. The lowest BCUT2D eigenvalue weighted by molar-refractivity contribution is -0.119. The SMILES string of the molecule is CCOc1cc(C2C3=C(CC(C)(C)CC3=O)NC3=C2C(=O)CC(C)(C)C3)ccc1OCc1ccc(Br)cc1. The Balaban J connectivity index is 1.56. The number of hydrogen-bond donors (Lipinski definition) is 1. The number of benzene rings is 2. The Morgan fingerprint density at radius 3 is 1.95 bits per heavy atom. The summed E-state index contributed by atoms with van der Waals surface area (Å²) in [6, 6.07) is 13.9. The number of halogens is 1. The minimum atomic E-state index is -0.395. The number of Topliss-reactive ketones (excluding diaryl/α,β-unsaturated/α-hetero) is 2. The number of ether oxygens (including phenoxy) is 2. The topological polar surface area (TPSA) is 64.6 Å². The number of nitrogens with one attached hydrogen (secondary N) is 1. The molecule has 2 aromatic rings. The number of allylic oxidation sites excluding steroid dienone is 4. The number of rotatable bonds is 6. The molecule has 0 saturated carbocycles. The molecule has 2 aliphatic carbocycles. The monoisotopic (exact) mass is 577 g/mol. The Morgan fingerprint density at radius 2 is 1.39 bits per heavy atom. The van der Waals surface area contributed by atoms with Gasteiger partial charge >= 0.3 is 0 Å². The summed E-state index contributed by atoms with van der Waals surface area (Å²) in [5, 5.41) is 3.58. The average molecular weight is 579 g/mol. The minimum absolute atomic E-state index is 0.117.